The minimum Gasteiger partial charge on any atom is -0.278 e. The molecule has 0 unspecified atom stereocenters. The van der Waals surface area contributed by atoms with E-state index in [2.05, 4.69) is 82.9 Å². The molecule has 0 spiro atoms. The van der Waals surface area contributed by atoms with Crippen LogP contribution in [0.15, 0.2) is 67.0 Å². The number of nitrogens with one attached hydrogen (secondary N) is 1. The minimum atomic E-state index is 0.874. The smallest absolute Gasteiger partial charge is 0.163 e. The zero-order chi connectivity index (χ0) is 20.1. The lowest BCUT2D eigenvalue weighted by atomic mass is 10.1. The van der Waals surface area contributed by atoms with Crippen molar-refractivity contribution in [3.63, 3.8) is 0 Å². The van der Waals surface area contributed by atoms with E-state index < -0.39 is 0 Å². The van der Waals surface area contributed by atoms with Gasteiger partial charge in [0, 0.05) is 22.2 Å². The largest absolute Gasteiger partial charge is 0.278 e. The highest BCUT2D eigenvalue weighted by molar-refractivity contribution is 5.94. The summed E-state index contributed by atoms with van der Waals surface area (Å²) in [6, 6.07) is 16.8. The number of fused-ring (bicyclic) bond motifs is 3. The molecule has 144 valence electrons. The Labute approximate surface area is 172 Å². The predicted molar refractivity (Wildman–Crippen MR) is 120 cm³/mol. The molecule has 5 heteroatoms. The highest BCUT2D eigenvalue weighted by atomic mass is 15.3. The van der Waals surface area contributed by atoms with Gasteiger partial charge in [-0.3, -0.25) is 5.10 Å². The van der Waals surface area contributed by atoms with Crippen LogP contribution in [0.5, 0.6) is 0 Å². The summed E-state index contributed by atoms with van der Waals surface area (Å²) in [4.78, 5) is 5.02. The van der Waals surface area contributed by atoms with Gasteiger partial charge in [-0.25, -0.2) is 9.50 Å². The SMILES string of the molecule is Cc1cc(-c2ccc3[nH]ncc3c2)nc2c(C3=CCC=c4ccccc4=C3)cnn12. The summed E-state index contributed by atoms with van der Waals surface area (Å²) >= 11 is 0. The summed E-state index contributed by atoms with van der Waals surface area (Å²) in [5, 5.41) is 15.3. The van der Waals surface area contributed by atoms with E-state index in [1.165, 1.54) is 10.4 Å². The second kappa shape index (κ2) is 6.52. The van der Waals surface area contributed by atoms with Crippen molar-refractivity contribution in [3.8, 4) is 11.3 Å². The van der Waals surface area contributed by atoms with Gasteiger partial charge in [-0.2, -0.15) is 10.2 Å². The van der Waals surface area contributed by atoms with Crippen LogP contribution < -0.4 is 10.4 Å². The van der Waals surface area contributed by atoms with Crippen molar-refractivity contribution >= 4 is 34.3 Å². The quantitative estimate of drug-likeness (QED) is 0.502. The van der Waals surface area contributed by atoms with Crippen LogP contribution in [0.4, 0.5) is 0 Å². The van der Waals surface area contributed by atoms with Gasteiger partial charge in [-0.15, -0.1) is 0 Å². The molecule has 5 aromatic rings. The molecular formula is C25H19N5. The van der Waals surface area contributed by atoms with Crippen molar-refractivity contribution in [2.75, 3.05) is 0 Å². The Morgan fingerprint density at radius 1 is 0.967 bits per heavy atom. The monoisotopic (exact) mass is 389 g/mol. The Hall–Kier alpha value is -3.99. The molecule has 1 aliphatic rings. The number of rotatable bonds is 2. The first-order valence-corrected chi connectivity index (χ1v) is 10.0. The number of allylic oxidation sites excluding steroid dienone is 2. The molecule has 30 heavy (non-hydrogen) atoms. The predicted octanol–water partition coefficient (Wildman–Crippen LogP) is 3.63. The lowest BCUT2D eigenvalue weighted by molar-refractivity contribution is 0.896. The molecular weight excluding hydrogens is 370 g/mol. The second-order valence-electron chi connectivity index (χ2n) is 7.62. The number of aromatic nitrogens is 5. The molecule has 0 fully saturated rings. The van der Waals surface area contributed by atoms with Gasteiger partial charge in [0.15, 0.2) is 5.65 Å². The van der Waals surface area contributed by atoms with Gasteiger partial charge >= 0.3 is 0 Å². The lowest BCUT2D eigenvalue weighted by Gasteiger charge is -2.07. The summed E-state index contributed by atoms with van der Waals surface area (Å²) in [5.41, 5.74) is 7.16. The van der Waals surface area contributed by atoms with Crippen molar-refractivity contribution in [1.29, 1.82) is 0 Å². The zero-order valence-corrected chi connectivity index (χ0v) is 16.5. The molecule has 0 bridgehead atoms. The lowest BCUT2D eigenvalue weighted by Crippen LogP contribution is -2.22. The number of aryl methyl sites for hydroxylation is 1. The van der Waals surface area contributed by atoms with Gasteiger partial charge in [0.2, 0.25) is 0 Å². The highest BCUT2D eigenvalue weighted by Crippen LogP contribution is 2.27. The van der Waals surface area contributed by atoms with Crippen molar-refractivity contribution in [2.24, 2.45) is 0 Å². The maximum absolute atomic E-state index is 5.02. The van der Waals surface area contributed by atoms with E-state index in [9.17, 15) is 0 Å². The normalized spacial score (nSPS) is 13.4. The Morgan fingerprint density at radius 2 is 1.87 bits per heavy atom. The van der Waals surface area contributed by atoms with Crippen LogP contribution in [0, 0.1) is 6.92 Å². The molecule has 6 rings (SSSR count). The van der Waals surface area contributed by atoms with Crippen molar-refractivity contribution in [2.45, 2.75) is 13.3 Å². The van der Waals surface area contributed by atoms with Gasteiger partial charge in [0.1, 0.15) is 0 Å². The van der Waals surface area contributed by atoms with Crippen molar-refractivity contribution < 1.29 is 0 Å². The topological polar surface area (TPSA) is 58.9 Å². The van der Waals surface area contributed by atoms with Crippen LogP contribution in [0.2, 0.25) is 0 Å². The fraction of sp³-hybridized carbons (Fsp3) is 0.0800. The maximum Gasteiger partial charge on any atom is 0.163 e. The molecule has 5 nitrogen and oxygen atoms in total. The van der Waals surface area contributed by atoms with E-state index in [0.717, 1.165) is 51.1 Å². The Bertz CT molecular complexity index is 1580. The van der Waals surface area contributed by atoms with Crippen molar-refractivity contribution in [1.82, 2.24) is 24.8 Å². The molecule has 0 aliphatic heterocycles. The Balaban J connectivity index is 1.54. The third kappa shape index (κ3) is 2.67. The Kier molecular flexibility index (Phi) is 3.68. The van der Waals surface area contributed by atoms with Gasteiger partial charge in [0.25, 0.3) is 0 Å². The number of hydrogen-bond donors (Lipinski definition) is 1. The number of nitrogens with zero attached hydrogens (tertiary/aromatic N) is 4. The first kappa shape index (κ1) is 16.9. The highest BCUT2D eigenvalue weighted by Gasteiger charge is 2.14. The first-order valence-electron chi connectivity index (χ1n) is 10.0. The molecule has 0 saturated heterocycles. The van der Waals surface area contributed by atoms with Gasteiger partial charge in [-0.05, 0) is 53.6 Å². The summed E-state index contributed by atoms with van der Waals surface area (Å²) in [5.74, 6) is 0. The molecule has 0 atom stereocenters. The number of H-pyrrole nitrogens is 1. The Morgan fingerprint density at radius 3 is 2.80 bits per heavy atom. The number of aromatic amines is 1. The molecule has 0 radical (unpaired) electrons. The molecule has 1 N–H and O–H groups in total. The van der Waals surface area contributed by atoms with Crippen LogP contribution in [-0.4, -0.2) is 24.8 Å². The molecule has 2 aromatic carbocycles. The van der Waals surface area contributed by atoms with Crippen LogP contribution in [0.1, 0.15) is 17.7 Å². The molecule has 3 heterocycles. The molecule has 0 amide bonds. The van der Waals surface area contributed by atoms with Crippen molar-refractivity contribution in [3.05, 3.63) is 88.7 Å². The van der Waals surface area contributed by atoms with E-state index >= 15 is 0 Å². The van der Waals surface area contributed by atoms with Gasteiger partial charge in [-0.1, -0.05) is 42.5 Å². The third-order valence-corrected chi connectivity index (χ3v) is 5.68. The average molecular weight is 389 g/mol. The molecule has 3 aromatic heterocycles. The second-order valence-corrected chi connectivity index (χ2v) is 7.62. The van der Waals surface area contributed by atoms with Gasteiger partial charge < -0.3 is 0 Å². The number of hydrogen-bond acceptors (Lipinski definition) is 3. The minimum absolute atomic E-state index is 0.874. The van der Waals surface area contributed by atoms with E-state index in [0.29, 0.717) is 0 Å². The van der Waals surface area contributed by atoms with Crippen LogP contribution in [-0.2, 0) is 0 Å². The van der Waals surface area contributed by atoms with E-state index in [1.807, 2.05) is 23.0 Å². The fourth-order valence-electron chi connectivity index (χ4n) is 4.12. The van der Waals surface area contributed by atoms with E-state index in [1.54, 1.807) is 0 Å². The standard InChI is InChI=1S/C25H19N5/c1-16-11-24(20-9-10-23-21(13-20)14-26-29-23)28-25-22(15-27-30(16)25)19-8-4-7-17-5-2-3-6-18(17)12-19/h2-3,5-15H,4H2,1H3,(H,26,29). The van der Waals surface area contributed by atoms with E-state index in [-0.39, 0.29) is 0 Å². The zero-order valence-electron chi connectivity index (χ0n) is 16.5. The van der Waals surface area contributed by atoms with Crippen LogP contribution >= 0.6 is 0 Å². The average Bonchev–Trinajstić information content (AvgIpc) is 3.35. The third-order valence-electron chi connectivity index (χ3n) is 5.68. The maximum atomic E-state index is 5.02. The first-order chi connectivity index (χ1) is 14.8. The summed E-state index contributed by atoms with van der Waals surface area (Å²) < 4.78 is 1.92. The molecule has 1 aliphatic carbocycles. The van der Waals surface area contributed by atoms with Gasteiger partial charge in [0.05, 0.1) is 23.6 Å². The fourth-order valence-corrected chi connectivity index (χ4v) is 4.12. The van der Waals surface area contributed by atoms with Crippen LogP contribution in [0.25, 0.3) is 45.5 Å². The summed E-state index contributed by atoms with van der Waals surface area (Å²) in [7, 11) is 0. The summed E-state index contributed by atoms with van der Waals surface area (Å²) in [6.07, 6.45) is 11.4. The summed E-state index contributed by atoms with van der Waals surface area (Å²) in [6.45, 7) is 2.07. The van der Waals surface area contributed by atoms with E-state index in [4.69, 9.17) is 4.98 Å². The van der Waals surface area contributed by atoms with Crippen LogP contribution in [0.3, 0.4) is 0 Å². The number of benzene rings is 2. The molecule has 0 saturated carbocycles.